The summed E-state index contributed by atoms with van der Waals surface area (Å²) in [5.74, 6) is 0.946. The fraction of sp³-hybridized carbons (Fsp3) is 0.588. The molecule has 4 heteroatoms. The van der Waals surface area contributed by atoms with E-state index in [0.29, 0.717) is 32.5 Å². The number of hydrogen-bond acceptors (Lipinski definition) is 3. The first-order valence-corrected chi connectivity index (χ1v) is 7.55. The van der Waals surface area contributed by atoms with E-state index in [0.717, 1.165) is 5.75 Å². The smallest absolute Gasteiger partial charge is 0.222 e. The number of carbonyl (C=O) groups excluding carboxylic acids is 1. The number of ether oxygens (including phenoxy) is 1. The number of carbonyl (C=O) groups is 1. The molecule has 1 heterocycles. The van der Waals surface area contributed by atoms with Gasteiger partial charge in [0, 0.05) is 19.5 Å². The maximum atomic E-state index is 11.7. The Morgan fingerprint density at radius 3 is 2.43 bits per heavy atom. The summed E-state index contributed by atoms with van der Waals surface area (Å²) >= 11 is 0. The Bertz CT molecular complexity index is 470. The van der Waals surface area contributed by atoms with Crippen molar-refractivity contribution < 1.29 is 14.6 Å². The Labute approximate surface area is 126 Å². The van der Waals surface area contributed by atoms with Gasteiger partial charge in [0.05, 0.1) is 12.7 Å². The van der Waals surface area contributed by atoms with Gasteiger partial charge in [-0.2, -0.15) is 0 Å². The summed E-state index contributed by atoms with van der Waals surface area (Å²) < 4.78 is 5.66. The highest BCUT2D eigenvalue weighted by atomic mass is 16.5. The number of amides is 1. The van der Waals surface area contributed by atoms with Crippen LogP contribution in [-0.4, -0.2) is 41.7 Å². The van der Waals surface area contributed by atoms with E-state index >= 15 is 0 Å². The molecule has 1 aromatic carbocycles. The number of benzene rings is 1. The molecule has 1 fully saturated rings. The third kappa shape index (κ3) is 4.46. The lowest BCUT2D eigenvalue weighted by Gasteiger charge is -2.35. The molecule has 4 nitrogen and oxygen atoms in total. The van der Waals surface area contributed by atoms with E-state index in [9.17, 15) is 4.79 Å². The fourth-order valence-electron chi connectivity index (χ4n) is 2.28. The van der Waals surface area contributed by atoms with Crippen molar-refractivity contribution in [1.82, 2.24) is 4.90 Å². The number of β-amino-alcohol motifs (C(OH)–C–C–N with tert-alkyl or cyclic N) is 1. The molecular formula is C17H25NO3. The minimum Gasteiger partial charge on any atom is -0.494 e. The Morgan fingerprint density at radius 2 is 1.90 bits per heavy atom. The Hall–Kier alpha value is -1.55. The monoisotopic (exact) mass is 291 g/mol. The second-order valence-electron chi connectivity index (χ2n) is 6.68. The first kappa shape index (κ1) is 15.8. The molecule has 1 aliphatic heterocycles. The van der Waals surface area contributed by atoms with Crippen molar-refractivity contribution in [3.05, 3.63) is 29.8 Å². The van der Waals surface area contributed by atoms with Gasteiger partial charge in [-0.3, -0.25) is 4.79 Å². The minimum atomic E-state index is -0.327. The van der Waals surface area contributed by atoms with Crippen molar-refractivity contribution in [3.63, 3.8) is 0 Å². The zero-order valence-electron chi connectivity index (χ0n) is 13.1. The molecule has 21 heavy (non-hydrogen) atoms. The van der Waals surface area contributed by atoms with Gasteiger partial charge in [-0.1, -0.05) is 32.9 Å². The van der Waals surface area contributed by atoms with Crippen molar-refractivity contribution in [1.29, 1.82) is 0 Å². The lowest BCUT2D eigenvalue weighted by Crippen LogP contribution is -2.53. The average molecular weight is 291 g/mol. The summed E-state index contributed by atoms with van der Waals surface area (Å²) in [5.41, 5.74) is 1.42. The van der Waals surface area contributed by atoms with Crippen molar-refractivity contribution in [2.75, 3.05) is 19.7 Å². The average Bonchev–Trinajstić information content (AvgIpc) is 2.39. The van der Waals surface area contributed by atoms with Gasteiger partial charge in [-0.25, -0.2) is 0 Å². The zero-order chi connectivity index (χ0) is 15.5. The van der Waals surface area contributed by atoms with E-state index in [1.165, 1.54) is 5.56 Å². The summed E-state index contributed by atoms with van der Waals surface area (Å²) in [5, 5.41) is 9.15. The first-order chi connectivity index (χ1) is 9.86. The van der Waals surface area contributed by atoms with Gasteiger partial charge < -0.3 is 14.7 Å². The summed E-state index contributed by atoms with van der Waals surface area (Å²) in [7, 11) is 0. The van der Waals surface area contributed by atoms with Gasteiger partial charge in [0.25, 0.3) is 0 Å². The predicted molar refractivity (Wildman–Crippen MR) is 82.5 cm³/mol. The van der Waals surface area contributed by atoms with Crippen molar-refractivity contribution in [2.24, 2.45) is 0 Å². The van der Waals surface area contributed by atoms with Crippen LogP contribution in [0.1, 0.15) is 39.2 Å². The Balaban J connectivity index is 1.68. The van der Waals surface area contributed by atoms with Crippen LogP contribution in [0.2, 0.25) is 0 Å². The molecule has 1 aliphatic rings. The van der Waals surface area contributed by atoms with Crippen LogP contribution in [0, 0.1) is 0 Å². The predicted octanol–water partition coefficient (Wildman–Crippen LogP) is 2.35. The summed E-state index contributed by atoms with van der Waals surface area (Å²) in [6, 6.07) is 8.13. The molecule has 0 bridgehead atoms. The van der Waals surface area contributed by atoms with Gasteiger partial charge in [-0.05, 0) is 29.5 Å². The van der Waals surface area contributed by atoms with Crippen molar-refractivity contribution >= 4 is 5.91 Å². The molecule has 0 aromatic heterocycles. The molecule has 0 aliphatic carbocycles. The SMILES string of the molecule is CC(C)(C)c1ccc(OCCCC(=O)N2CC(O)C2)cc1. The molecule has 0 atom stereocenters. The molecule has 1 aromatic rings. The standard InChI is InChI=1S/C17H25NO3/c1-17(2,3)13-6-8-15(9-7-13)21-10-4-5-16(20)18-11-14(19)12-18/h6-9,14,19H,4-5,10-12H2,1-3H3. The van der Waals surface area contributed by atoms with Crippen LogP contribution in [-0.2, 0) is 10.2 Å². The maximum Gasteiger partial charge on any atom is 0.222 e. The highest BCUT2D eigenvalue weighted by Crippen LogP contribution is 2.24. The van der Waals surface area contributed by atoms with E-state index in [1.54, 1.807) is 4.90 Å². The number of hydrogen-bond donors (Lipinski definition) is 1. The second kappa shape index (κ2) is 6.48. The largest absolute Gasteiger partial charge is 0.494 e. The molecular weight excluding hydrogens is 266 g/mol. The minimum absolute atomic E-state index is 0.104. The number of nitrogens with zero attached hydrogens (tertiary/aromatic N) is 1. The lowest BCUT2D eigenvalue weighted by atomic mass is 9.87. The van der Waals surface area contributed by atoms with Crippen LogP contribution in [0.4, 0.5) is 0 Å². The third-order valence-electron chi connectivity index (χ3n) is 3.74. The normalized spacial score (nSPS) is 15.7. The van der Waals surface area contributed by atoms with Gasteiger partial charge in [0.2, 0.25) is 5.91 Å². The van der Waals surface area contributed by atoms with Gasteiger partial charge >= 0.3 is 0 Å². The van der Waals surface area contributed by atoms with E-state index in [-0.39, 0.29) is 17.4 Å². The van der Waals surface area contributed by atoms with Crippen molar-refractivity contribution in [2.45, 2.75) is 45.1 Å². The number of aliphatic hydroxyl groups excluding tert-OH is 1. The lowest BCUT2D eigenvalue weighted by molar-refractivity contribution is -0.141. The number of likely N-dealkylation sites (tertiary alicyclic amines) is 1. The van der Waals surface area contributed by atoms with Crippen LogP contribution in [0.25, 0.3) is 0 Å². The van der Waals surface area contributed by atoms with Crippen molar-refractivity contribution in [3.8, 4) is 5.75 Å². The van der Waals surface area contributed by atoms with E-state index in [1.807, 2.05) is 12.1 Å². The van der Waals surface area contributed by atoms with Gasteiger partial charge in [0.1, 0.15) is 5.75 Å². The summed E-state index contributed by atoms with van der Waals surface area (Å²) in [6.07, 6.45) is 0.853. The third-order valence-corrected chi connectivity index (χ3v) is 3.74. The molecule has 1 saturated heterocycles. The quantitative estimate of drug-likeness (QED) is 0.847. The van der Waals surface area contributed by atoms with Crippen LogP contribution in [0.5, 0.6) is 5.75 Å². The Kier molecular flexibility index (Phi) is 4.88. The van der Waals surface area contributed by atoms with Crippen LogP contribution in [0.15, 0.2) is 24.3 Å². The van der Waals surface area contributed by atoms with Crippen LogP contribution >= 0.6 is 0 Å². The molecule has 0 saturated carbocycles. The van der Waals surface area contributed by atoms with E-state index in [2.05, 4.69) is 32.9 Å². The summed E-state index contributed by atoms with van der Waals surface area (Å²) in [6.45, 7) is 8.04. The van der Waals surface area contributed by atoms with Gasteiger partial charge in [-0.15, -0.1) is 0 Å². The first-order valence-electron chi connectivity index (χ1n) is 7.55. The molecule has 0 radical (unpaired) electrons. The maximum absolute atomic E-state index is 11.7. The molecule has 0 unspecified atom stereocenters. The molecule has 116 valence electrons. The van der Waals surface area contributed by atoms with E-state index in [4.69, 9.17) is 9.84 Å². The van der Waals surface area contributed by atoms with Gasteiger partial charge in [0.15, 0.2) is 0 Å². The van der Waals surface area contributed by atoms with Crippen LogP contribution in [0.3, 0.4) is 0 Å². The molecule has 0 spiro atoms. The van der Waals surface area contributed by atoms with E-state index < -0.39 is 0 Å². The number of rotatable bonds is 5. The molecule has 1 amide bonds. The summed E-state index contributed by atoms with van der Waals surface area (Å²) in [4.78, 5) is 13.4. The molecule has 1 N–H and O–H groups in total. The number of aliphatic hydroxyl groups is 1. The fourth-order valence-corrected chi connectivity index (χ4v) is 2.28. The zero-order valence-corrected chi connectivity index (χ0v) is 13.1. The molecule has 2 rings (SSSR count). The topological polar surface area (TPSA) is 49.8 Å². The van der Waals surface area contributed by atoms with Crippen LogP contribution < -0.4 is 4.74 Å². The highest BCUT2D eigenvalue weighted by molar-refractivity contribution is 5.77. The Morgan fingerprint density at radius 1 is 1.29 bits per heavy atom. The second-order valence-corrected chi connectivity index (χ2v) is 6.68. The highest BCUT2D eigenvalue weighted by Gasteiger charge is 2.27.